The first-order valence-electron chi connectivity index (χ1n) is 7.85. The first kappa shape index (κ1) is 13.7. The van der Waals surface area contributed by atoms with Crippen molar-refractivity contribution in [1.82, 2.24) is 0 Å². The fourth-order valence-electron chi connectivity index (χ4n) is 5.55. The molecule has 108 valence electrons. The Morgan fingerprint density at radius 2 is 2.15 bits per heavy atom. The summed E-state index contributed by atoms with van der Waals surface area (Å²) in [6.07, 6.45) is 11.7. The smallest absolute Gasteiger partial charge is 0.211 e. The molecule has 0 radical (unpaired) electrons. The van der Waals surface area contributed by atoms with Gasteiger partial charge in [0.1, 0.15) is 0 Å². The van der Waals surface area contributed by atoms with Crippen LogP contribution in [-0.2, 0) is 9.59 Å². The Labute approximate surface area is 119 Å². The Morgan fingerprint density at radius 3 is 2.90 bits per heavy atom. The fraction of sp³-hybridized carbons (Fsp3) is 0.875. The number of rotatable bonds is 5. The maximum absolute atomic E-state index is 10.8. The molecule has 0 amide bonds. The quantitative estimate of drug-likeness (QED) is 0.571. The summed E-state index contributed by atoms with van der Waals surface area (Å²) in [4.78, 5) is 29.1. The van der Waals surface area contributed by atoms with Gasteiger partial charge in [-0.3, -0.25) is 0 Å². The number of aliphatic imine (C=N–C) groups is 2. The second-order valence-electron chi connectivity index (χ2n) is 6.98. The molecule has 4 nitrogen and oxygen atoms in total. The Kier molecular flexibility index (Phi) is 3.62. The first-order chi connectivity index (χ1) is 9.71. The number of hydrogen-bond acceptors (Lipinski definition) is 4. The molecule has 6 unspecified atom stereocenters. The SMILES string of the molecule is CC(CCC12CC(CC1N=C=O)C1CCCC12)N=C=O. The lowest BCUT2D eigenvalue weighted by Gasteiger charge is -2.40. The molecule has 0 aromatic carbocycles. The van der Waals surface area contributed by atoms with Crippen LogP contribution in [0.4, 0.5) is 0 Å². The molecule has 0 N–H and O–H groups in total. The molecule has 0 aromatic heterocycles. The van der Waals surface area contributed by atoms with Crippen LogP contribution in [-0.4, -0.2) is 24.2 Å². The molecule has 3 rings (SSSR count). The van der Waals surface area contributed by atoms with Crippen LogP contribution in [0.5, 0.6) is 0 Å². The van der Waals surface area contributed by atoms with E-state index < -0.39 is 0 Å². The number of hydrogen-bond donors (Lipinski definition) is 0. The minimum atomic E-state index is 0.0299. The minimum absolute atomic E-state index is 0.0299. The molecule has 0 spiro atoms. The topological polar surface area (TPSA) is 58.9 Å². The van der Waals surface area contributed by atoms with Crippen LogP contribution < -0.4 is 0 Å². The van der Waals surface area contributed by atoms with E-state index in [4.69, 9.17) is 0 Å². The van der Waals surface area contributed by atoms with Crippen LogP contribution in [0.1, 0.15) is 51.9 Å². The Hall–Kier alpha value is -1.24. The highest BCUT2D eigenvalue weighted by Crippen LogP contribution is 2.68. The zero-order valence-corrected chi connectivity index (χ0v) is 12.0. The second kappa shape index (κ2) is 5.27. The van der Waals surface area contributed by atoms with Gasteiger partial charge < -0.3 is 0 Å². The van der Waals surface area contributed by atoms with Crippen molar-refractivity contribution < 1.29 is 9.59 Å². The highest BCUT2D eigenvalue weighted by atomic mass is 16.1. The van der Waals surface area contributed by atoms with E-state index in [1.165, 1.54) is 25.7 Å². The van der Waals surface area contributed by atoms with Crippen molar-refractivity contribution in [2.75, 3.05) is 0 Å². The van der Waals surface area contributed by atoms with E-state index in [9.17, 15) is 9.59 Å². The summed E-state index contributed by atoms with van der Waals surface area (Å²) in [7, 11) is 0. The zero-order valence-electron chi connectivity index (χ0n) is 12.0. The molecular weight excluding hydrogens is 252 g/mol. The fourth-order valence-corrected chi connectivity index (χ4v) is 5.55. The van der Waals surface area contributed by atoms with Crippen molar-refractivity contribution in [2.24, 2.45) is 33.2 Å². The van der Waals surface area contributed by atoms with Gasteiger partial charge in [0.05, 0.1) is 12.1 Å². The molecule has 3 aliphatic rings. The van der Waals surface area contributed by atoms with Gasteiger partial charge in [0, 0.05) is 0 Å². The third kappa shape index (κ3) is 1.99. The maximum Gasteiger partial charge on any atom is 0.235 e. The molecule has 3 aliphatic carbocycles. The average Bonchev–Trinajstić information content (AvgIpc) is 3.08. The Bertz CT molecular complexity index is 479. The molecule has 20 heavy (non-hydrogen) atoms. The van der Waals surface area contributed by atoms with Crippen molar-refractivity contribution in [2.45, 2.75) is 64.0 Å². The van der Waals surface area contributed by atoms with E-state index >= 15 is 0 Å². The van der Waals surface area contributed by atoms with Crippen LogP contribution in [0.25, 0.3) is 0 Å². The third-order valence-corrected chi connectivity index (χ3v) is 6.25. The predicted molar refractivity (Wildman–Crippen MR) is 74.7 cm³/mol. The van der Waals surface area contributed by atoms with E-state index in [1.54, 1.807) is 12.2 Å². The first-order valence-corrected chi connectivity index (χ1v) is 7.85. The standard InChI is InChI=1S/C16H22N2O2/c1-11(17-9-19)5-6-16-8-12(7-15(16)18-10-20)13-3-2-4-14(13)16/h11-15H,2-8H2,1H3. The molecule has 3 saturated carbocycles. The van der Waals surface area contributed by atoms with Crippen LogP contribution in [0.15, 0.2) is 9.98 Å². The molecular formula is C16H22N2O2. The lowest BCUT2D eigenvalue weighted by molar-refractivity contribution is 0.111. The summed E-state index contributed by atoms with van der Waals surface area (Å²) in [5.41, 5.74) is 0.190. The van der Waals surface area contributed by atoms with E-state index in [-0.39, 0.29) is 17.5 Å². The maximum atomic E-state index is 10.8. The third-order valence-electron chi connectivity index (χ3n) is 6.25. The molecule has 2 bridgehead atoms. The van der Waals surface area contributed by atoms with Gasteiger partial charge in [0.25, 0.3) is 0 Å². The summed E-state index contributed by atoms with van der Waals surface area (Å²) >= 11 is 0. The lowest BCUT2D eigenvalue weighted by Crippen LogP contribution is -2.39. The van der Waals surface area contributed by atoms with E-state index in [2.05, 4.69) is 9.98 Å². The van der Waals surface area contributed by atoms with E-state index in [0.717, 1.165) is 37.0 Å². The van der Waals surface area contributed by atoms with Crippen molar-refractivity contribution in [1.29, 1.82) is 0 Å². The summed E-state index contributed by atoms with van der Waals surface area (Å²) in [5, 5.41) is 0. The highest BCUT2D eigenvalue weighted by Gasteiger charge is 2.63. The lowest BCUT2D eigenvalue weighted by atomic mass is 9.66. The van der Waals surface area contributed by atoms with Gasteiger partial charge in [-0.2, -0.15) is 0 Å². The Morgan fingerprint density at radius 1 is 1.30 bits per heavy atom. The van der Waals surface area contributed by atoms with Crippen LogP contribution in [0.3, 0.4) is 0 Å². The van der Waals surface area contributed by atoms with E-state index in [1.807, 2.05) is 6.92 Å². The highest BCUT2D eigenvalue weighted by molar-refractivity contribution is 5.35. The molecule has 0 aliphatic heterocycles. The van der Waals surface area contributed by atoms with Crippen molar-refractivity contribution in [3.05, 3.63) is 0 Å². The Balaban J connectivity index is 1.81. The summed E-state index contributed by atoms with van der Waals surface area (Å²) in [6.45, 7) is 1.97. The predicted octanol–water partition coefficient (Wildman–Crippen LogP) is 3.02. The van der Waals surface area contributed by atoms with Crippen LogP contribution in [0.2, 0.25) is 0 Å². The van der Waals surface area contributed by atoms with Crippen LogP contribution in [0, 0.1) is 23.2 Å². The number of isocyanates is 2. The van der Waals surface area contributed by atoms with Gasteiger partial charge >= 0.3 is 0 Å². The average molecular weight is 274 g/mol. The largest absolute Gasteiger partial charge is 0.235 e. The van der Waals surface area contributed by atoms with Crippen molar-refractivity contribution in [3.63, 3.8) is 0 Å². The minimum Gasteiger partial charge on any atom is -0.211 e. The number of nitrogens with zero attached hydrogens (tertiary/aromatic N) is 2. The molecule has 0 aromatic rings. The van der Waals surface area contributed by atoms with Gasteiger partial charge in [-0.05, 0) is 68.6 Å². The second-order valence-corrected chi connectivity index (χ2v) is 6.98. The summed E-state index contributed by atoms with van der Waals surface area (Å²) < 4.78 is 0. The van der Waals surface area contributed by atoms with Crippen LogP contribution >= 0.6 is 0 Å². The summed E-state index contributed by atoms with van der Waals surface area (Å²) in [5.74, 6) is 2.35. The van der Waals surface area contributed by atoms with Gasteiger partial charge in [-0.25, -0.2) is 19.6 Å². The molecule has 6 atom stereocenters. The monoisotopic (exact) mass is 274 g/mol. The van der Waals surface area contributed by atoms with E-state index in [0.29, 0.717) is 0 Å². The number of carbonyl (C=O) groups excluding carboxylic acids is 2. The summed E-state index contributed by atoms with van der Waals surface area (Å²) in [6, 6.07) is 0.194. The number of fused-ring (bicyclic) bond motifs is 5. The molecule has 0 saturated heterocycles. The molecule has 3 fully saturated rings. The van der Waals surface area contributed by atoms with Crippen molar-refractivity contribution >= 4 is 12.2 Å². The zero-order chi connectivity index (χ0) is 14.2. The van der Waals surface area contributed by atoms with Crippen molar-refractivity contribution in [3.8, 4) is 0 Å². The van der Waals surface area contributed by atoms with Gasteiger partial charge in [0.15, 0.2) is 0 Å². The normalized spacial score (nSPS) is 42.6. The molecule has 0 heterocycles. The van der Waals surface area contributed by atoms with Gasteiger partial charge in [-0.15, -0.1) is 0 Å². The van der Waals surface area contributed by atoms with Gasteiger partial charge in [0.2, 0.25) is 12.2 Å². The van der Waals surface area contributed by atoms with Gasteiger partial charge in [-0.1, -0.05) is 6.42 Å². The molecule has 4 heteroatoms.